The maximum atomic E-state index is 11.6. The van der Waals surface area contributed by atoms with Crippen LogP contribution >= 0.6 is 0 Å². The van der Waals surface area contributed by atoms with E-state index in [1.165, 1.54) is 4.90 Å². The summed E-state index contributed by atoms with van der Waals surface area (Å²) in [4.78, 5) is 26.4. The summed E-state index contributed by atoms with van der Waals surface area (Å²) in [5, 5.41) is 0. The van der Waals surface area contributed by atoms with E-state index in [9.17, 15) is 9.59 Å². The Kier molecular flexibility index (Phi) is 1.78. The Balaban J connectivity index is 2.23. The SMILES string of the molecule is CC1CC2C(=O)N(C)CC(=O)N2C1. The molecule has 2 rings (SSSR count). The van der Waals surface area contributed by atoms with E-state index in [2.05, 4.69) is 6.92 Å². The number of piperazine rings is 1. The van der Waals surface area contributed by atoms with E-state index in [4.69, 9.17) is 0 Å². The lowest BCUT2D eigenvalue weighted by molar-refractivity contribution is -0.152. The van der Waals surface area contributed by atoms with Crippen LogP contribution in [0.5, 0.6) is 0 Å². The monoisotopic (exact) mass is 182 g/mol. The van der Waals surface area contributed by atoms with E-state index < -0.39 is 0 Å². The molecule has 0 radical (unpaired) electrons. The van der Waals surface area contributed by atoms with Gasteiger partial charge >= 0.3 is 0 Å². The molecule has 4 nitrogen and oxygen atoms in total. The van der Waals surface area contributed by atoms with E-state index in [0.29, 0.717) is 5.92 Å². The van der Waals surface area contributed by atoms with Crippen LogP contribution in [0, 0.1) is 5.92 Å². The van der Waals surface area contributed by atoms with Crippen LogP contribution in [-0.4, -0.2) is 47.8 Å². The van der Waals surface area contributed by atoms with Crippen molar-refractivity contribution in [3.63, 3.8) is 0 Å². The highest BCUT2D eigenvalue weighted by molar-refractivity contribution is 5.95. The fraction of sp³-hybridized carbons (Fsp3) is 0.778. The first-order valence-electron chi connectivity index (χ1n) is 4.64. The van der Waals surface area contributed by atoms with Gasteiger partial charge in [0.25, 0.3) is 0 Å². The van der Waals surface area contributed by atoms with Crippen LogP contribution in [0.2, 0.25) is 0 Å². The first kappa shape index (κ1) is 8.53. The van der Waals surface area contributed by atoms with E-state index in [0.717, 1.165) is 13.0 Å². The highest BCUT2D eigenvalue weighted by Gasteiger charge is 2.42. The summed E-state index contributed by atoms with van der Waals surface area (Å²) >= 11 is 0. The maximum absolute atomic E-state index is 11.6. The van der Waals surface area contributed by atoms with Gasteiger partial charge in [0.05, 0.1) is 6.54 Å². The van der Waals surface area contributed by atoms with Crippen LogP contribution in [0.1, 0.15) is 13.3 Å². The highest BCUT2D eigenvalue weighted by Crippen LogP contribution is 2.26. The van der Waals surface area contributed by atoms with E-state index in [-0.39, 0.29) is 24.4 Å². The molecule has 2 aliphatic rings. The first-order chi connectivity index (χ1) is 6.09. The van der Waals surface area contributed by atoms with Gasteiger partial charge in [0.15, 0.2) is 0 Å². The van der Waals surface area contributed by atoms with Gasteiger partial charge in [-0.15, -0.1) is 0 Å². The van der Waals surface area contributed by atoms with E-state index >= 15 is 0 Å². The minimum Gasteiger partial charge on any atom is -0.335 e. The molecule has 0 N–H and O–H groups in total. The van der Waals surface area contributed by atoms with E-state index in [1.807, 2.05) is 0 Å². The summed E-state index contributed by atoms with van der Waals surface area (Å²) in [6, 6.07) is -0.166. The van der Waals surface area contributed by atoms with Gasteiger partial charge in [0.2, 0.25) is 11.8 Å². The third-order valence-corrected chi connectivity index (χ3v) is 2.86. The second-order valence-electron chi connectivity index (χ2n) is 4.10. The summed E-state index contributed by atoms with van der Waals surface area (Å²) in [6.07, 6.45) is 0.828. The molecule has 2 amide bonds. The van der Waals surface area contributed by atoms with Crippen molar-refractivity contribution in [2.45, 2.75) is 19.4 Å². The standard InChI is InChI=1S/C9H14N2O2/c1-6-3-7-9(13)10(2)5-8(12)11(7)4-6/h6-7H,3-5H2,1-2H3. The first-order valence-corrected chi connectivity index (χ1v) is 4.64. The minimum absolute atomic E-state index is 0.0939. The lowest BCUT2D eigenvalue weighted by Gasteiger charge is -2.34. The molecule has 0 aromatic carbocycles. The molecule has 2 saturated heterocycles. The zero-order valence-corrected chi connectivity index (χ0v) is 7.99. The summed E-state index contributed by atoms with van der Waals surface area (Å²) < 4.78 is 0. The van der Waals surface area contributed by atoms with Crippen LogP contribution in [0.15, 0.2) is 0 Å². The Labute approximate surface area is 77.5 Å². The molecule has 0 saturated carbocycles. The zero-order valence-electron chi connectivity index (χ0n) is 7.99. The van der Waals surface area contributed by atoms with Gasteiger partial charge in [-0.05, 0) is 12.3 Å². The van der Waals surface area contributed by atoms with Crippen molar-refractivity contribution in [1.82, 2.24) is 9.80 Å². The summed E-state index contributed by atoms with van der Waals surface area (Å²) in [5.41, 5.74) is 0. The minimum atomic E-state index is -0.166. The molecule has 0 aromatic rings. The Morgan fingerprint density at radius 1 is 1.38 bits per heavy atom. The van der Waals surface area contributed by atoms with Crippen LogP contribution in [0.4, 0.5) is 0 Å². The number of carbonyl (C=O) groups is 2. The summed E-state index contributed by atoms with van der Waals surface area (Å²) in [5.74, 6) is 0.657. The number of hydrogen-bond acceptors (Lipinski definition) is 2. The predicted octanol–water partition coefficient (Wildman–Crippen LogP) is -0.305. The van der Waals surface area contributed by atoms with Crippen molar-refractivity contribution in [3.05, 3.63) is 0 Å². The van der Waals surface area contributed by atoms with Crippen LogP contribution in [0.3, 0.4) is 0 Å². The number of hydrogen-bond donors (Lipinski definition) is 0. The molecule has 2 unspecified atom stereocenters. The third-order valence-electron chi connectivity index (χ3n) is 2.86. The van der Waals surface area contributed by atoms with Crippen molar-refractivity contribution < 1.29 is 9.59 Å². The van der Waals surface area contributed by atoms with E-state index in [1.54, 1.807) is 11.9 Å². The van der Waals surface area contributed by atoms with Crippen LogP contribution in [-0.2, 0) is 9.59 Å². The smallest absolute Gasteiger partial charge is 0.245 e. The molecule has 2 heterocycles. The van der Waals surface area contributed by atoms with Gasteiger partial charge in [0.1, 0.15) is 6.04 Å². The molecular formula is C9H14N2O2. The number of nitrogens with zero attached hydrogens (tertiary/aromatic N) is 2. The molecule has 13 heavy (non-hydrogen) atoms. The van der Waals surface area contributed by atoms with Crippen molar-refractivity contribution >= 4 is 11.8 Å². The summed E-state index contributed by atoms with van der Waals surface area (Å²) in [7, 11) is 1.70. The van der Waals surface area contributed by atoms with Gasteiger partial charge in [-0.2, -0.15) is 0 Å². The number of carbonyl (C=O) groups excluding carboxylic acids is 2. The van der Waals surface area contributed by atoms with Crippen molar-refractivity contribution in [2.24, 2.45) is 5.92 Å². The number of amides is 2. The second kappa shape index (κ2) is 2.72. The molecule has 72 valence electrons. The molecule has 0 aromatic heterocycles. The quantitative estimate of drug-likeness (QED) is 0.516. The van der Waals surface area contributed by atoms with Gasteiger partial charge in [-0.25, -0.2) is 0 Å². The molecule has 0 spiro atoms. The van der Waals surface area contributed by atoms with Gasteiger partial charge < -0.3 is 9.80 Å². The molecule has 2 atom stereocenters. The fourth-order valence-electron chi connectivity index (χ4n) is 2.18. The topological polar surface area (TPSA) is 40.6 Å². The molecule has 4 heteroatoms. The highest BCUT2D eigenvalue weighted by atomic mass is 16.2. The number of fused-ring (bicyclic) bond motifs is 1. The number of rotatable bonds is 0. The van der Waals surface area contributed by atoms with Crippen molar-refractivity contribution in [2.75, 3.05) is 20.1 Å². The second-order valence-corrected chi connectivity index (χ2v) is 4.10. The Bertz CT molecular complexity index is 264. The molecule has 0 bridgehead atoms. The number of likely N-dealkylation sites (N-methyl/N-ethyl adjacent to an activating group) is 1. The molecule has 2 fully saturated rings. The van der Waals surface area contributed by atoms with Crippen molar-refractivity contribution in [1.29, 1.82) is 0 Å². The van der Waals surface area contributed by atoms with Crippen molar-refractivity contribution in [3.8, 4) is 0 Å². The predicted molar refractivity (Wildman–Crippen MR) is 46.9 cm³/mol. The zero-order chi connectivity index (χ0) is 9.59. The fourth-order valence-corrected chi connectivity index (χ4v) is 2.18. The average Bonchev–Trinajstić information content (AvgIpc) is 2.44. The van der Waals surface area contributed by atoms with Gasteiger partial charge in [-0.3, -0.25) is 9.59 Å². The lowest BCUT2D eigenvalue weighted by Crippen LogP contribution is -2.55. The average molecular weight is 182 g/mol. The Morgan fingerprint density at radius 3 is 2.77 bits per heavy atom. The van der Waals surface area contributed by atoms with Crippen LogP contribution in [0.25, 0.3) is 0 Å². The normalized spacial score (nSPS) is 34.0. The Morgan fingerprint density at radius 2 is 2.08 bits per heavy atom. The summed E-state index contributed by atoms with van der Waals surface area (Å²) in [6.45, 7) is 3.09. The van der Waals surface area contributed by atoms with Crippen LogP contribution < -0.4 is 0 Å². The Hall–Kier alpha value is -1.06. The molecular weight excluding hydrogens is 168 g/mol. The molecule has 0 aliphatic carbocycles. The third kappa shape index (κ3) is 1.20. The molecule has 2 aliphatic heterocycles. The van der Waals surface area contributed by atoms with Gasteiger partial charge in [-0.1, -0.05) is 6.92 Å². The van der Waals surface area contributed by atoms with Gasteiger partial charge in [0, 0.05) is 13.6 Å². The lowest BCUT2D eigenvalue weighted by atomic mass is 10.1. The maximum Gasteiger partial charge on any atom is 0.245 e. The largest absolute Gasteiger partial charge is 0.335 e.